The standard InChI is InChI=1S/C25H27FN2O2S/c1-19(2)28(24(29)15-20-10-12-22(26)13-11-20)18-25(30)27(17-23-9-6-14-31-23)16-21-7-4-3-5-8-21/h3-14,19H,15-18H2,1-2H3. The van der Waals surface area contributed by atoms with Gasteiger partial charge in [0.2, 0.25) is 11.8 Å². The van der Waals surface area contributed by atoms with Crippen molar-refractivity contribution in [2.45, 2.75) is 39.4 Å². The van der Waals surface area contributed by atoms with Crippen LogP contribution in [-0.2, 0) is 29.1 Å². The number of rotatable bonds is 9. The van der Waals surface area contributed by atoms with E-state index < -0.39 is 0 Å². The fourth-order valence-corrected chi connectivity index (χ4v) is 4.03. The first-order valence-electron chi connectivity index (χ1n) is 10.3. The molecule has 1 heterocycles. The second-order valence-corrected chi connectivity index (χ2v) is 8.77. The fourth-order valence-electron chi connectivity index (χ4n) is 3.31. The van der Waals surface area contributed by atoms with E-state index in [1.807, 2.05) is 61.7 Å². The van der Waals surface area contributed by atoms with E-state index in [9.17, 15) is 14.0 Å². The third-order valence-electron chi connectivity index (χ3n) is 5.01. The van der Waals surface area contributed by atoms with Crippen molar-refractivity contribution in [1.82, 2.24) is 9.80 Å². The van der Waals surface area contributed by atoms with Crippen LogP contribution in [0.1, 0.15) is 29.9 Å². The molecule has 0 saturated carbocycles. The molecule has 1 aromatic heterocycles. The van der Waals surface area contributed by atoms with Crippen LogP contribution in [0.5, 0.6) is 0 Å². The van der Waals surface area contributed by atoms with Crippen LogP contribution in [0.4, 0.5) is 4.39 Å². The van der Waals surface area contributed by atoms with Crippen LogP contribution < -0.4 is 0 Å². The molecule has 0 saturated heterocycles. The second-order valence-electron chi connectivity index (χ2n) is 7.73. The molecule has 4 nitrogen and oxygen atoms in total. The first-order chi connectivity index (χ1) is 14.9. The van der Waals surface area contributed by atoms with E-state index in [1.54, 1.807) is 33.3 Å². The summed E-state index contributed by atoms with van der Waals surface area (Å²) in [4.78, 5) is 30.7. The normalized spacial score (nSPS) is 10.8. The summed E-state index contributed by atoms with van der Waals surface area (Å²) in [6.07, 6.45) is 0.134. The Kier molecular flexibility index (Phi) is 7.95. The van der Waals surface area contributed by atoms with Crippen molar-refractivity contribution in [3.05, 3.63) is 93.9 Å². The number of nitrogens with zero attached hydrogens (tertiary/aromatic N) is 2. The third-order valence-corrected chi connectivity index (χ3v) is 5.87. The van der Waals surface area contributed by atoms with Crippen molar-refractivity contribution in [3.63, 3.8) is 0 Å². The van der Waals surface area contributed by atoms with Crippen LogP contribution >= 0.6 is 11.3 Å². The topological polar surface area (TPSA) is 40.6 Å². The quantitative estimate of drug-likeness (QED) is 0.477. The van der Waals surface area contributed by atoms with Crippen LogP contribution in [-0.4, -0.2) is 34.2 Å². The van der Waals surface area contributed by atoms with Gasteiger partial charge in [-0.1, -0.05) is 48.5 Å². The minimum absolute atomic E-state index is 0.00982. The van der Waals surface area contributed by atoms with Gasteiger partial charge in [-0.3, -0.25) is 9.59 Å². The van der Waals surface area contributed by atoms with Crippen LogP contribution in [0, 0.1) is 5.82 Å². The Bertz CT molecular complexity index is 973. The first-order valence-corrected chi connectivity index (χ1v) is 11.2. The smallest absolute Gasteiger partial charge is 0.242 e. The number of amides is 2. The lowest BCUT2D eigenvalue weighted by atomic mass is 10.1. The van der Waals surface area contributed by atoms with Gasteiger partial charge >= 0.3 is 0 Å². The maximum absolute atomic E-state index is 13.3. The van der Waals surface area contributed by atoms with Crippen molar-refractivity contribution in [2.24, 2.45) is 0 Å². The Morgan fingerprint density at radius 1 is 0.871 bits per heavy atom. The number of benzene rings is 2. The zero-order valence-corrected chi connectivity index (χ0v) is 18.6. The highest BCUT2D eigenvalue weighted by Gasteiger charge is 2.24. The minimum atomic E-state index is -0.336. The molecule has 2 amide bonds. The molecule has 31 heavy (non-hydrogen) atoms. The lowest BCUT2D eigenvalue weighted by Crippen LogP contribution is -2.46. The molecule has 0 aliphatic rings. The molecule has 0 spiro atoms. The summed E-state index contributed by atoms with van der Waals surface area (Å²) in [5.74, 6) is -0.582. The molecule has 6 heteroatoms. The van der Waals surface area contributed by atoms with Gasteiger partial charge in [0.25, 0.3) is 0 Å². The largest absolute Gasteiger partial charge is 0.332 e. The summed E-state index contributed by atoms with van der Waals surface area (Å²) in [6, 6.07) is 19.6. The van der Waals surface area contributed by atoms with Gasteiger partial charge in [-0.25, -0.2) is 4.39 Å². The van der Waals surface area contributed by atoms with Crippen molar-refractivity contribution in [3.8, 4) is 0 Å². The van der Waals surface area contributed by atoms with Crippen molar-refractivity contribution in [2.75, 3.05) is 6.54 Å². The van der Waals surface area contributed by atoms with E-state index in [2.05, 4.69) is 0 Å². The van der Waals surface area contributed by atoms with Gasteiger partial charge in [0.1, 0.15) is 12.4 Å². The van der Waals surface area contributed by atoms with E-state index in [1.165, 1.54) is 12.1 Å². The summed E-state index contributed by atoms with van der Waals surface area (Å²) in [6.45, 7) is 4.79. The SMILES string of the molecule is CC(C)N(CC(=O)N(Cc1ccccc1)Cc1cccs1)C(=O)Cc1ccc(F)cc1. The molecule has 162 valence electrons. The Morgan fingerprint density at radius 2 is 1.58 bits per heavy atom. The average Bonchev–Trinajstić information content (AvgIpc) is 3.26. The van der Waals surface area contributed by atoms with Crippen LogP contribution in [0.15, 0.2) is 72.1 Å². The van der Waals surface area contributed by atoms with Gasteiger partial charge in [0.15, 0.2) is 0 Å². The summed E-state index contributed by atoms with van der Waals surface area (Å²) < 4.78 is 13.2. The Balaban J connectivity index is 1.73. The lowest BCUT2D eigenvalue weighted by molar-refractivity contribution is -0.142. The molecule has 0 atom stereocenters. The monoisotopic (exact) mass is 438 g/mol. The third kappa shape index (κ3) is 6.76. The maximum Gasteiger partial charge on any atom is 0.242 e. The van der Waals surface area contributed by atoms with Gasteiger partial charge in [-0.2, -0.15) is 0 Å². The molecule has 3 aromatic rings. The Labute approximate surface area is 186 Å². The average molecular weight is 439 g/mol. The van der Waals surface area contributed by atoms with Crippen molar-refractivity contribution < 1.29 is 14.0 Å². The zero-order valence-electron chi connectivity index (χ0n) is 17.8. The maximum atomic E-state index is 13.3. The van der Waals surface area contributed by atoms with Gasteiger partial charge < -0.3 is 9.80 Å². The zero-order chi connectivity index (χ0) is 22.2. The van der Waals surface area contributed by atoms with E-state index >= 15 is 0 Å². The second kappa shape index (κ2) is 10.9. The highest BCUT2D eigenvalue weighted by Crippen LogP contribution is 2.16. The van der Waals surface area contributed by atoms with Gasteiger partial charge in [-0.15, -0.1) is 11.3 Å². The number of thiophene rings is 1. The molecule has 0 N–H and O–H groups in total. The van der Waals surface area contributed by atoms with E-state index in [-0.39, 0.29) is 36.6 Å². The minimum Gasteiger partial charge on any atom is -0.332 e. The van der Waals surface area contributed by atoms with Crippen molar-refractivity contribution in [1.29, 1.82) is 0 Å². The molecule has 3 rings (SSSR count). The first kappa shape index (κ1) is 22.7. The number of hydrogen-bond donors (Lipinski definition) is 0. The summed E-state index contributed by atoms with van der Waals surface area (Å²) in [5.41, 5.74) is 1.77. The number of hydrogen-bond acceptors (Lipinski definition) is 3. The number of carbonyl (C=O) groups excluding carboxylic acids is 2. The summed E-state index contributed by atoms with van der Waals surface area (Å²) >= 11 is 1.61. The highest BCUT2D eigenvalue weighted by atomic mass is 32.1. The van der Waals surface area contributed by atoms with Gasteiger partial charge in [-0.05, 0) is 48.6 Å². The Hall–Kier alpha value is -2.99. The molecular formula is C25H27FN2O2S. The summed E-state index contributed by atoms with van der Waals surface area (Å²) in [7, 11) is 0. The van der Waals surface area contributed by atoms with Crippen LogP contribution in [0.2, 0.25) is 0 Å². The van der Waals surface area contributed by atoms with Crippen LogP contribution in [0.3, 0.4) is 0 Å². The molecule has 0 fully saturated rings. The van der Waals surface area contributed by atoms with E-state index in [0.717, 1.165) is 16.0 Å². The molecule has 0 bridgehead atoms. The predicted molar refractivity (Wildman–Crippen MR) is 122 cm³/mol. The van der Waals surface area contributed by atoms with E-state index in [4.69, 9.17) is 0 Å². The van der Waals surface area contributed by atoms with Gasteiger partial charge in [0, 0.05) is 17.5 Å². The molecule has 0 unspecified atom stereocenters. The van der Waals surface area contributed by atoms with Gasteiger partial charge in [0.05, 0.1) is 13.0 Å². The molecular weight excluding hydrogens is 411 g/mol. The summed E-state index contributed by atoms with van der Waals surface area (Å²) in [5, 5.41) is 1.99. The van der Waals surface area contributed by atoms with Crippen molar-refractivity contribution >= 4 is 23.2 Å². The molecule has 2 aromatic carbocycles. The van der Waals surface area contributed by atoms with E-state index in [0.29, 0.717) is 13.1 Å². The fraction of sp³-hybridized carbons (Fsp3) is 0.280. The molecule has 0 radical (unpaired) electrons. The molecule has 0 aliphatic heterocycles. The Morgan fingerprint density at radius 3 is 2.19 bits per heavy atom. The lowest BCUT2D eigenvalue weighted by Gasteiger charge is -2.30. The van der Waals surface area contributed by atoms with Crippen LogP contribution in [0.25, 0.3) is 0 Å². The number of carbonyl (C=O) groups is 2. The number of halogens is 1. The predicted octanol–water partition coefficient (Wildman–Crippen LogP) is 4.90. The highest BCUT2D eigenvalue weighted by molar-refractivity contribution is 7.09. The molecule has 0 aliphatic carbocycles.